The summed E-state index contributed by atoms with van der Waals surface area (Å²) in [5.41, 5.74) is -0.261. The van der Waals surface area contributed by atoms with Crippen LogP contribution in [0.15, 0.2) is 23.1 Å². The number of pyridine rings is 1. The fourth-order valence-corrected chi connectivity index (χ4v) is 3.91. The molecule has 1 amide bonds. The first-order chi connectivity index (χ1) is 14.3. The van der Waals surface area contributed by atoms with Crippen molar-refractivity contribution in [3.8, 4) is 5.75 Å². The molecule has 2 bridgehead atoms. The van der Waals surface area contributed by atoms with Gasteiger partial charge in [-0.15, -0.1) is 5.43 Å². The van der Waals surface area contributed by atoms with Crippen molar-refractivity contribution in [2.24, 2.45) is 0 Å². The van der Waals surface area contributed by atoms with Gasteiger partial charge in [0, 0.05) is 30.8 Å². The largest absolute Gasteiger partial charge is 0.502 e. The van der Waals surface area contributed by atoms with E-state index in [1.165, 1.54) is 10.8 Å². The van der Waals surface area contributed by atoms with Crippen LogP contribution >= 0.6 is 0 Å². The van der Waals surface area contributed by atoms with Gasteiger partial charge in [-0.1, -0.05) is 0 Å². The van der Waals surface area contributed by atoms with Gasteiger partial charge in [0.1, 0.15) is 24.0 Å². The second-order valence-electron chi connectivity index (χ2n) is 7.33. The third-order valence-electron chi connectivity index (χ3n) is 5.45. The summed E-state index contributed by atoms with van der Waals surface area (Å²) in [5, 5.41) is 10.4. The fourth-order valence-electron chi connectivity index (χ4n) is 3.91. The van der Waals surface area contributed by atoms with Crippen molar-refractivity contribution in [2.75, 3.05) is 13.1 Å². The summed E-state index contributed by atoms with van der Waals surface area (Å²) in [6.07, 6.45) is 3.48. The van der Waals surface area contributed by atoms with E-state index in [1.54, 1.807) is 4.90 Å². The zero-order chi connectivity index (χ0) is 21.6. The Hall–Kier alpha value is -3.37. The van der Waals surface area contributed by atoms with Crippen molar-refractivity contribution in [1.82, 2.24) is 14.9 Å². The van der Waals surface area contributed by atoms with Crippen LogP contribution in [0.25, 0.3) is 0 Å². The molecule has 1 aromatic carbocycles. The Kier molecular flexibility index (Phi) is 4.96. The highest BCUT2D eigenvalue weighted by Gasteiger charge is 2.38. The normalized spacial score (nSPS) is 18.0. The number of rotatable bonds is 4. The molecule has 0 radical (unpaired) electrons. The van der Waals surface area contributed by atoms with Crippen LogP contribution in [0.2, 0.25) is 0 Å². The third-order valence-corrected chi connectivity index (χ3v) is 5.45. The van der Waals surface area contributed by atoms with Crippen LogP contribution < -0.4 is 10.9 Å². The summed E-state index contributed by atoms with van der Waals surface area (Å²) in [6.45, 7) is 0.250. The Bertz CT molecular complexity index is 1090. The molecule has 0 unspecified atom stereocenters. The van der Waals surface area contributed by atoms with Gasteiger partial charge in [0.15, 0.2) is 10.6 Å². The van der Waals surface area contributed by atoms with Gasteiger partial charge in [-0.3, -0.25) is 9.59 Å². The number of hydrogen-bond donors (Lipinski definition) is 2. The average Bonchev–Trinajstić information content (AvgIpc) is 2.91. The number of hydrogen-bond acceptors (Lipinski definition) is 4. The van der Waals surface area contributed by atoms with Crippen LogP contribution in [-0.2, 0) is 6.54 Å². The summed E-state index contributed by atoms with van der Waals surface area (Å²) < 4.78 is 42.0. The van der Waals surface area contributed by atoms with Crippen LogP contribution in [0.5, 0.6) is 5.75 Å². The minimum Gasteiger partial charge on any atom is -0.502 e. The molecule has 2 aliphatic heterocycles. The maximum absolute atomic E-state index is 13.8. The standard InChI is InChI=1S/C19H17F3N4O4/c20-10-5-13(21)12(14(22)6-10)7-23-26(30)15-9-25-11-3-1-2-4-24(8-11)19(29)16(25)18(28)17(15)27/h5-6,9,11H,1-4,7-8H2,(H-,23,28,29,30)/p+1/t11-/m0/s1. The van der Waals surface area contributed by atoms with Gasteiger partial charge >= 0.3 is 11.1 Å². The highest BCUT2D eigenvalue weighted by Crippen LogP contribution is 2.32. The second-order valence-corrected chi connectivity index (χ2v) is 7.33. The molecule has 0 aliphatic carbocycles. The number of nitroso groups, excluding NO2 is 1. The fraction of sp³-hybridized carbons (Fsp3) is 0.368. The maximum Gasteiger partial charge on any atom is 0.358 e. The van der Waals surface area contributed by atoms with Crippen molar-refractivity contribution in [3.63, 3.8) is 0 Å². The van der Waals surface area contributed by atoms with Gasteiger partial charge in [-0.05, 0) is 19.3 Å². The Labute approximate surface area is 168 Å². The predicted molar refractivity (Wildman–Crippen MR) is 97.6 cm³/mol. The molecule has 1 fully saturated rings. The highest BCUT2D eigenvalue weighted by atomic mass is 19.1. The van der Waals surface area contributed by atoms with E-state index in [0.717, 1.165) is 12.8 Å². The topological polar surface area (TPSA) is 94.6 Å². The zero-order valence-electron chi connectivity index (χ0n) is 15.7. The molecular formula is C19H18F3N4O4+. The molecule has 2 aromatic rings. The van der Waals surface area contributed by atoms with Crippen molar-refractivity contribution in [2.45, 2.75) is 31.8 Å². The molecule has 11 heteroatoms. The lowest BCUT2D eigenvalue weighted by Gasteiger charge is -2.33. The lowest BCUT2D eigenvalue weighted by atomic mass is 10.1. The van der Waals surface area contributed by atoms with Crippen LogP contribution in [0.1, 0.15) is 41.4 Å². The summed E-state index contributed by atoms with van der Waals surface area (Å²) in [4.78, 5) is 39.1. The van der Waals surface area contributed by atoms with Gasteiger partial charge in [-0.2, -0.15) is 0 Å². The number of aromatic hydroxyl groups is 1. The number of fused-ring (bicyclic) bond motifs is 4. The van der Waals surface area contributed by atoms with Gasteiger partial charge in [0.05, 0.1) is 17.1 Å². The van der Waals surface area contributed by atoms with Crippen LogP contribution in [0, 0.1) is 22.4 Å². The van der Waals surface area contributed by atoms with Crippen LogP contribution in [0.4, 0.5) is 18.9 Å². The summed E-state index contributed by atoms with van der Waals surface area (Å²) >= 11 is 0. The molecule has 0 saturated carbocycles. The Morgan fingerprint density at radius 1 is 1.17 bits per heavy atom. The van der Waals surface area contributed by atoms with Crippen molar-refractivity contribution < 1.29 is 27.9 Å². The monoisotopic (exact) mass is 423 g/mol. The van der Waals surface area contributed by atoms with E-state index in [9.17, 15) is 32.8 Å². The first kappa shape index (κ1) is 19.9. The zero-order valence-corrected chi connectivity index (χ0v) is 15.7. The molecule has 158 valence electrons. The summed E-state index contributed by atoms with van der Waals surface area (Å²) in [7, 11) is 0. The lowest BCUT2D eigenvalue weighted by molar-refractivity contribution is -0.532. The molecule has 1 saturated heterocycles. The number of carbonyl (C=O) groups excluding carboxylic acids is 1. The van der Waals surface area contributed by atoms with Gasteiger partial charge in [0.2, 0.25) is 5.75 Å². The molecule has 4 rings (SSSR count). The molecule has 30 heavy (non-hydrogen) atoms. The molecule has 8 nitrogen and oxygen atoms in total. The summed E-state index contributed by atoms with van der Waals surface area (Å²) in [5.74, 6) is -4.83. The second kappa shape index (κ2) is 7.47. The highest BCUT2D eigenvalue weighted by molar-refractivity contribution is 5.96. The smallest absolute Gasteiger partial charge is 0.358 e. The van der Waals surface area contributed by atoms with Gasteiger partial charge in [0.25, 0.3) is 5.91 Å². The Morgan fingerprint density at radius 2 is 1.87 bits per heavy atom. The molecule has 1 aromatic heterocycles. The Balaban J connectivity index is 1.67. The van der Waals surface area contributed by atoms with Crippen LogP contribution in [-0.4, -0.2) is 38.4 Å². The minimum atomic E-state index is -1.19. The number of carbonyl (C=O) groups is 1. The average molecular weight is 423 g/mol. The van der Waals surface area contributed by atoms with Crippen molar-refractivity contribution in [1.29, 1.82) is 0 Å². The molecule has 0 spiro atoms. The van der Waals surface area contributed by atoms with E-state index >= 15 is 0 Å². The number of nitrogens with zero attached hydrogens (tertiary/aromatic N) is 3. The number of hydrazine groups is 1. The number of nitrogens with one attached hydrogen (secondary N) is 1. The predicted octanol–water partition coefficient (Wildman–Crippen LogP) is 2.27. The SMILES string of the molecule is O=C1c2c(O)c(=O)c([N+](=O)NCc3c(F)cc(F)cc3F)cn2[C@H]2CCCCN1C2. The number of aromatic nitrogens is 1. The molecule has 1 atom stereocenters. The maximum atomic E-state index is 13.8. The number of benzene rings is 1. The van der Waals surface area contributed by atoms with Crippen LogP contribution in [0.3, 0.4) is 0 Å². The lowest BCUT2D eigenvalue weighted by Crippen LogP contribution is -2.43. The quantitative estimate of drug-likeness (QED) is 0.581. The molecule has 2 N–H and O–H groups in total. The van der Waals surface area contributed by atoms with Gasteiger partial charge in [-0.25, -0.2) is 13.2 Å². The van der Waals surface area contributed by atoms with Crippen molar-refractivity contribution in [3.05, 3.63) is 62.2 Å². The van der Waals surface area contributed by atoms with E-state index in [4.69, 9.17) is 0 Å². The minimum absolute atomic E-state index is 0.0227. The van der Waals surface area contributed by atoms with E-state index < -0.39 is 52.3 Å². The van der Waals surface area contributed by atoms with Crippen molar-refractivity contribution >= 4 is 11.6 Å². The number of amides is 1. The van der Waals surface area contributed by atoms with E-state index in [0.29, 0.717) is 31.6 Å². The number of halogens is 3. The Morgan fingerprint density at radius 3 is 2.57 bits per heavy atom. The van der Waals surface area contributed by atoms with E-state index in [2.05, 4.69) is 5.43 Å². The molecular weight excluding hydrogens is 405 g/mol. The van der Waals surface area contributed by atoms with E-state index in [-0.39, 0.29) is 16.6 Å². The third kappa shape index (κ3) is 3.29. The first-order valence-corrected chi connectivity index (χ1v) is 9.39. The molecule has 2 aliphatic rings. The molecule has 3 heterocycles. The first-order valence-electron chi connectivity index (χ1n) is 9.39. The van der Waals surface area contributed by atoms with Gasteiger partial charge < -0.3 is 14.6 Å². The summed E-state index contributed by atoms with van der Waals surface area (Å²) in [6, 6.07) is 0.724. The van der Waals surface area contributed by atoms with E-state index in [1.807, 2.05) is 0 Å².